The van der Waals surface area contributed by atoms with E-state index in [1.165, 1.54) is 16.9 Å². The Hall–Kier alpha value is -1.72. The Morgan fingerprint density at radius 2 is 2.16 bits per heavy atom. The molecule has 1 heterocycles. The number of benzene rings is 1. The van der Waals surface area contributed by atoms with Crippen molar-refractivity contribution in [1.82, 2.24) is 4.98 Å². The maximum atomic E-state index is 11.8. The quantitative estimate of drug-likeness (QED) is 0.903. The van der Waals surface area contributed by atoms with Crippen molar-refractivity contribution in [2.75, 3.05) is 5.32 Å². The van der Waals surface area contributed by atoms with Gasteiger partial charge in [-0.25, -0.2) is 4.98 Å². The van der Waals surface area contributed by atoms with E-state index in [9.17, 15) is 4.79 Å². The van der Waals surface area contributed by atoms with Crippen LogP contribution in [0.1, 0.15) is 18.4 Å². The summed E-state index contributed by atoms with van der Waals surface area (Å²) < 4.78 is 0. The SMILES string of the molecule is Cc1ccccc1-c1csc(NC(=O)C2(N)CC2)n1. The average Bonchev–Trinajstić information content (AvgIpc) is 2.98. The molecule has 0 unspecified atom stereocenters. The fraction of sp³-hybridized carbons (Fsp3) is 0.286. The van der Waals surface area contributed by atoms with Gasteiger partial charge in [-0.05, 0) is 25.3 Å². The molecule has 2 aromatic rings. The van der Waals surface area contributed by atoms with E-state index in [0.717, 1.165) is 24.1 Å². The molecular formula is C14H15N3OS. The van der Waals surface area contributed by atoms with Gasteiger partial charge in [-0.1, -0.05) is 24.3 Å². The third-order valence-electron chi connectivity index (χ3n) is 3.39. The molecule has 1 amide bonds. The summed E-state index contributed by atoms with van der Waals surface area (Å²) >= 11 is 1.43. The highest BCUT2D eigenvalue weighted by molar-refractivity contribution is 7.14. The molecule has 3 N–H and O–H groups in total. The molecule has 0 spiro atoms. The van der Waals surface area contributed by atoms with E-state index in [-0.39, 0.29) is 5.91 Å². The summed E-state index contributed by atoms with van der Waals surface area (Å²) in [5.41, 5.74) is 8.34. The van der Waals surface area contributed by atoms with Crippen molar-refractivity contribution < 1.29 is 4.79 Å². The van der Waals surface area contributed by atoms with Gasteiger partial charge >= 0.3 is 0 Å². The molecule has 0 atom stereocenters. The number of aromatic nitrogens is 1. The summed E-state index contributed by atoms with van der Waals surface area (Å²) in [6.45, 7) is 2.05. The first-order valence-corrected chi connectivity index (χ1v) is 7.08. The Labute approximate surface area is 115 Å². The molecule has 3 rings (SSSR count). The Balaban J connectivity index is 1.80. The number of aryl methyl sites for hydroxylation is 1. The van der Waals surface area contributed by atoms with Crippen molar-refractivity contribution in [2.45, 2.75) is 25.3 Å². The number of hydrogen-bond donors (Lipinski definition) is 2. The van der Waals surface area contributed by atoms with Crippen LogP contribution in [-0.2, 0) is 4.79 Å². The lowest BCUT2D eigenvalue weighted by Gasteiger charge is -2.06. The lowest BCUT2D eigenvalue weighted by molar-refractivity contribution is -0.118. The highest BCUT2D eigenvalue weighted by Gasteiger charge is 2.46. The number of anilines is 1. The van der Waals surface area contributed by atoms with E-state index < -0.39 is 5.54 Å². The van der Waals surface area contributed by atoms with Crippen LogP contribution in [0.4, 0.5) is 5.13 Å². The molecule has 0 radical (unpaired) electrons. The molecule has 0 bridgehead atoms. The topological polar surface area (TPSA) is 68.0 Å². The minimum Gasteiger partial charge on any atom is -0.317 e. The number of nitrogens with two attached hydrogens (primary N) is 1. The minimum atomic E-state index is -0.658. The van der Waals surface area contributed by atoms with Gasteiger partial charge in [-0.2, -0.15) is 0 Å². The smallest absolute Gasteiger partial charge is 0.246 e. The van der Waals surface area contributed by atoms with Gasteiger partial charge in [0, 0.05) is 10.9 Å². The summed E-state index contributed by atoms with van der Waals surface area (Å²) in [4.78, 5) is 16.3. The number of rotatable bonds is 3. The van der Waals surface area contributed by atoms with Crippen LogP contribution < -0.4 is 11.1 Å². The number of carbonyl (C=O) groups excluding carboxylic acids is 1. The Kier molecular flexibility index (Phi) is 2.88. The lowest BCUT2D eigenvalue weighted by atomic mass is 10.1. The third kappa shape index (κ3) is 2.39. The summed E-state index contributed by atoms with van der Waals surface area (Å²) in [5, 5.41) is 5.36. The molecule has 1 aromatic carbocycles. The van der Waals surface area contributed by atoms with Gasteiger partial charge in [0.2, 0.25) is 5.91 Å². The van der Waals surface area contributed by atoms with Crippen molar-refractivity contribution in [3.63, 3.8) is 0 Å². The summed E-state index contributed by atoms with van der Waals surface area (Å²) in [6.07, 6.45) is 1.52. The van der Waals surface area contributed by atoms with Gasteiger partial charge in [-0.3, -0.25) is 4.79 Å². The second-order valence-electron chi connectivity index (χ2n) is 4.96. The molecule has 0 saturated heterocycles. The van der Waals surface area contributed by atoms with Gasteiger partial charge in [-0.15, -0.1) is 11.3 Å². The zero-order chi connectivity index (χ0) is 13.5. The predicted molar refractivity (Wildman–Crippen MR) is 77.1 cm³/mol. The molecule has 98 valence electrons. The zero-order valence-electron chi connectivity index (χ0n) is 10.6. The fourth-order valence-electron chi connectivity index (χ4n) is 1.90. The van der Waals surface area contributed by atoms with Crippen LogP contribution in [0.15, 0.2) is 29.6 Å². The molecule has 1 aliphatic rings. The van der Waals surface area contributed by atoms with Crippen LogP contribution in [0, 0.1) is 6.92 Å². The second-order valence-corrected chi connectivity index (χ2v) is 5.82. The predicted octanol–water partition coefficient (Wildman–Crippen LogP) is 2.55. The Morgan fingerprint density at radius 3 is 2.84 bits per heavy atom. The molecule has 19 heavy (non-hydrogen) atoms. The zero-order valence-corrected chi connectivity index (χ0v) is 11.5. The number of nitrogens with zero attached hydrogens (tertiary/aromatic N) is 1. The summed E-state index contributed by atoms with van der Waals surface area (Å²) in [6, 6.07) is 8.06. The largest absolute Gasteiger partial charge is 0.317 e. The number of thiazole rings is 1. The normalized spacial score (nSPS) is 16.1. The van der Waals surface area contributed by atoms with Gasteiger partial charge in [0.25, 0.3) is 0 Å². The fourth-order valence-corrected chi connectivity index (χ4v) is 2.60. The van der Waals surface area contributed by atoms with Crippen LogP contribution in [0.25, 0.3) is 11.3 Å². The number of carbonyl (C=O) groups is 1. The molecule has 5 heteroatoms. The van der Waals surface area contributed by atoms with Crippen molar-refractivity contribution in [3.8, 4) is 11.3 Å². The third-order valence-corrected chi connectivity index (χ3v) is 4.14. The van der Waals surface area contributed by atoms with Gasteiger partial charge < -0.3 is 11.1 Å². The summed E-state index contributed by atoms with van der Waals surface area (Å²) in [5.74, 6) is -0.127. The van der Waals surface area contributed by atoms with E-state index in [2.05, 4.69) is 10.3 Å². The maximum absolute atomic E-state index is 11.8. The molecule has 1 saturated carbocycles. The first-order valence-electron chi connectivity index (χ1n) is 6.20. The van der Waals surface area contributed by atoms with E-state index in [4.69, 9.17) is 5.73 Å². The highest BCUT2D eigenvalue weighted by Crippen LogP contribution is 2.34. The number of amides is 1. The Bertz CT molecular complexity index is 631. The lowest BCUT2D eigenvalue weighted by Crippen LogP contribution is -2.37. The average molecular weight is 273 g/mol. The molecule has 1 fully saturated rings. The second kappa shape index (κ2) is 4.43. The van der Waals surface area contributed by atoms with Crippen molar-refractivity contribution >= 4 is 22.4 Å². The van der Waals surface area contributed by atoms with Crippen LogP contribution in [0.2, 0.25) is 0 Å². The van der Waals surface area contributed by atoms with Crippen LogP contribution in [0.3, 0.4) is 0 Å². The molecule has 4 nitrogen and oxygen atoms in total. The summed E-state index contributed by atoms with van der Waals surface area (Å²) in [7, 11) is 0. The van der Waals surface area contributed by atoms with Crippen LogP contribution in [0.5, 0.6) is 0 Å². The van der Waals surface area contributed by atoms with Gasteiger partial charge in [0.05, 0.1) is 11.2 Å². The molecular weight excluding hydrogens is 258 g/mol. The standard InChI is InChI=1S/C14H15N3OS/c1-9-4-2-3-5-10(9)11-8-19-13(16-11)17-12(18)14(15)6-7-14/h2-5,8H,6-7,15H2,1H3,(H,16,17,18). The van der Waals surface area contributed by atoms with Crippen LogP contribution in [-0.4, -0.2) is 16.4 Å². The van der Waals surface area contributed by atoms with E-state index in [1.54, 1.807) is 0 Å². The van der Waals surface area contributed by atoms with Crippen molar-refractivity contribution in [3.05, 3.63) is 35.2 Å². The first kappa shape index (κ1) is 12.3. The van der Waals surface area contributed by atoms with E-state index in [0.29, 0.717) is 5.13 Å². The minimum absolute atomic E-state index is 0.127. The number of nitrogens with one attached hydrogen (secondary N) is 1. The van der Waals surface area contributed by atoms with Crippen molar-refractivity contribution in [2.24, 2.45) is 5.73 Å². The van der Waals surface area contributed by atoms with E-state index in [1.807, 2.05) is 36.6 Å². The monoisotopic (exact) mass is 273 g/mol. The molecule has 1 aliphatic carbocycles. The molecule has 0 aliphatic heterocycles. The van der Waals surface area contributed by atoms with Crippen LogP contribution >= 0.6 is 11.3 Å². The van der Waals surface area contributed by atoms with Gasteiger partial charge in [0.1, 0.15) is 0 Å². The maximum Gasteiger partial charge on any atom is 0.246 e. The molecule has 1 aromatic heterocycles. The van der Waals surface area contributed by atoms with Gasteiger partial charge in [0.15, 0.2) is 5.13 Å². The van der Waals surface area contributed by atoms with E-state index >= 15 is 0 Å². The number of hydrogen-bond acceptors (Lipinski definition) is 4. The highest BCUT2D eigenvalue weighted by atomic mass is 32.1. The Morgan fingerprint density at radius 1 is 1.42 bits per heavy atom. The van der Waals surface area contributed by atoms with Crippen molar-refractivity contribution in [1.29, 1.82) is 0 Å². The first-order chi connectivity index (χ1) is 9.08.